The van der Waals surface area contributed by atoms with Gasteiger partial charge in [0.05, 0.1) is 17.7 Å². The van der Waals surface area contributed by atoms with Crippen LogP contribution in [0.15, 0.2) is 41.1 Å². The largest absolute Gasteiger partial charge is 0.493 e. The second kappa shape index (κ2) is 11.1. The van der Waals surface area contributed by atoms with E-state index in [0.29, 0.717) is 31.2 Å². The minimum atomic E-state index is -0.325. The van der Waals surface area contributed by atoms with Gasteiger partial charge < -0.3 is 25.2 Å². The second-order valence-corrected chi connectivity index (χ2v) is 6.84. The van der Waals surface area contributed by atoms with E-state index in [2.05, 4.69) is 31.5 Å². The maximum atomic E-state index is 9.20. The maximum absolute atomic E-state index is 9.20. The number of aliphatic hydroxyl groups is 1. The monoisotopic (exact) mass is 423 g/mol. The molecule has 1 aromatic heterocycles. The summed E-state index contributed by atoms with van der Waals surface area (Å²) in [4.78, 5) is 4.09. The highest BCUT2D eigenvalue weighted by atomic mass is 79.9. The van der Waals surface area contributed by atoms with Crippen molar-refractivity contribution >= 4 is 15.9 Å². The number of hydrogen-bond acceptors (Lipinski definition) is 6. The number of methoxy groups -OCH3 is 1. The molecule has 0 amide bonds. The number of aromatic nitrogens is 1. The lowest BCUT2D eigenvalue weighted by molar-refractivity contribution is 0.191. The molecule has 0 bridgehead atoms. The van der Waals surface area contributed by atoms with E-state index in [9.17, 15) is 5.11 Å². The summed E-state index contributed by atoms with van der Waals surface area (Å²) in [5.41, 5.74) is 2.09. The number of aliphatic hydroxyl groups excluding tert-OH is 1. The first kappa shape index (κ1) is 20.6. The van der Waals surface area contributed by atoms with Gasteiger partial charge in [-0.2, -0.15) is 0 Å². The van der Waals surface area contributed by atoms with Crippen molar-refractivity contribution in [3.05, 3.63) is 52.3 Å². The van der Waals surface area contributed by atoms with Crippen LogP contribution in [0.1, 0.15) is 18.1 Å². The van der Waals surface area contributed by atoms with Crippen LogP contribution in [0.4, 0.5) is 0 Å². The molecule has 0 aliphatic heterocycles. The quantitative estimate of drug-likeness (QED) is 0.482. The summed E-state index contributed by atoms with van der Waals surface area (Å²) >= 11 is 3.57. The number of ether oxygens (including phenoxy) is 2. The standard InChI is InChI=1S/C19H26BrN3O3/c1-14(24)10-22-6-7-23-12-16-8-17(20)19(18(9-16)25-2)26-13-15-4-3-5-21-11-15/h3-5,8-9,11,14,22-24H,6-7,10,12-13H2,1-2H3. The molecular formula is C19H26BrN3O3. The summed E-state index contributed by atoms with van der Waals surface area (Å²) in [6.07, 6.45) is 3.20. The predicted molar refractivity (Wildman–Crippen MR) is 106 cm³/mol. The summed E-state index contributed by atoms with van der Waals surface area (Å²) in [7, 11) is 1.63. The zero-order valence-electron chi connectivity index (χ0n) is 15.2. The van der Waals surface area contributed by atoms with Crippen molar-refractivity contribution in [2.24, 2.45) is 0 Å². The fourth-order valence-corrected chi connectivity index (χ4v) is 2.98. The summed E-state index contributed by atoms with van der Waals surface area (Å²) in [5, 5.41) is 15.7. The molecule has 7 heteroatoms. The van der Waals surface area contributed by atoms with Crippen molar-refractivity contribution in [2.45, 2.75) is 26.2 Å². The minimum Gasteiger partial charge on any atom is -0.493 e. The Morgan fingerprint density at radius 1 is 1.23 bits per heavy atom. The van der Waals surface area contributed by atoms with Crippen molar-refractivity contribution < 1.29 is 14.6 Å². The number of halogens is 1. The van der Waals surface area contributed by atoms with Gasteiger partial charge in [0.1, 0.15) is 6.61 Å². The van der Waals surface area contributed by atoms with Gasteiger partial charge in [0.2, 0.25) is 0 Å². The molecule has 0 fully saturated rings. The van der Waals surface area contributed by atoms with Crippen LogP contribution in [0.3, 0.4) is 0 Å². The van der Waals surface area contributed by atoms with Crippen molar-refractivity contribution in [1.29, 1.82) is 0 Å². The first-order valence-corrected chi connectivity index (χ1v) is 9.37. The van der Waals surface area contributed by atoms with Crippen LogP contribution < -0.4 is 20.1 Å². The molecule has 0 aliphatic carbocycles. The molecule has 0 saturated carbocycles. The molecular weight excluding hydrogens is 398 g/mol. The fraction of sp³-hybridized carbons (Fsp3) is 0.421. The molecule has 2 aromatic rings. The van der Waals surface area contributed by atoms with Crippen LogP contribution in [-0.2, 0) is 13.2 Å². The van der Waals surface area contributed by atoms with Gasteiger partial charge in [-0.25, -0.2) is 0 Å². The minimum absolute atomic E-state index is 0.325. The van der Waals surface area contributed by atoms with Crippen molar-refractivity contribution in [3.8, 4) is 11.5 Å². The van der Waals surface area contributed by atoms with E-state index in [1.54, 1.807) is 26.4 Å². The van der Waals surface area contributed by atoms with Crippen LogP contribution in [0.25, 0.3) is 0 Å². The Bertz CT molecular complexity index is 669. The molecule has 26 heavy (non-hydrogen) atoms. The number of nitrogens with one attached hydrogen (secondary N) is 2. The Kier molecular flexibility index (Phi) is 8.84. The summed E-state index contributed by atoms with van der Waals surface area (Å²) < 4.78 is 12.3. The van der Waals surface area contributed by atoms with Gasteiger partial charge >= 0.3 is 0 Å². The van der Waals surface area contributed by atoms with E-state index in [1.165, 1.54) is 0 Å². The van der Waals surface area contributed by atoms with Crippen molar-refractivity contribution in [1.82, 2.24) is 15.6 Å². The van der Waals surface area contributed by atoms with Crippen LogP contribution in [-0.4, -0.2) is 42.9 Å². The smallest absolute Gasteiger partial charge is 0.175 e. The summed E-state index contributed by atoms with van der Waals surface area (Å²) in [5.74, 6) is 1.37. The zero-order chi connectivity index (χ0) is 18.8. The van der Waals surface area contributed by atoms with E-state index < -0.39 is 0 Å². The first-order chi connectivity index (χ1) is 12.6. The fourth-order valence-electron chi connectivity index (χ4n) is 2.37. The lowest BCUT2D eigenvalue weighted by Gasteiger charge is -2.15. The van der Waals surface area contributed by atoms with Crippen molar-refractivity contribution in [2.75, 3.05) is 26.7 Å². The molecule has 1 atom stereocenters. The zero-order valence-corrected chi connectivity index (χ0v) is 16.8. The van der Waals surface area contributed by atoms with Crippen LogP contribution in [0, 0.1) is 0 Å². The number of benzene rings is 1. The molecule has 142 valence electrons. The lowest BCUT2D eigenvalue weighted by Crippen LogP contribution is -2.31. The number of hydrogen-bond donors (Lipinski definition) is 3. The number of pyridine rings is 1. The predicted octanol–water partition coefficient (Wildman–Crippen LogP) is 2.49. The molecule has 0 spiro atoms. The van der Waals surface area contributed by atoms with E-state index >= 15 is 0 Å². The molecule has 0 saturated heterocycles. The normalized spacial score (nSPS) is 12.0. The van der Waals surface area contributed by atoms with Crippen LogP contribution in [0.5, 0.6) is 11.5 Å². The Balaban J connectivity index is 1.89. The second-order valence-electron chi connectivity index (χ2n) is 5.99. The highest BCUT2D eigenvalue weighted by Gasteiger charge is 2.12. The third-order valence-electron chi connectivity index (χ3n) is 3.64. The maximum Gasteiger partial charge on any atom is 0.175 e. The Morgan fingerprint density at radius 3 is 2.73 bits per heavy atom. The average Bonchev–Trinajstić information content (AvgIpc) is 2.63. The summed E-state index contributed by atoms with van der Waals surface area (Å²) in [6.45, 7) is 5.12. The van der Waals surface area contributed by atoms with Gasteiger partial charge in [-0.3, -0.25) is 4.98 Å². The van der Waals surface area contributed by atoms with Gasteiger partial charge in [0.15, 0.2) is 11.5 Å². The van der Waals surface area contributed by atoms with Gasteiger partial charge in [0.25, 0.3) is 0 Å². The van der Waals surface area contributed by atoms with Crippen LogP contribution >= 0.6 is 15.9 Å². The topological polar surface area (TPSA) is 75.6 Å². The third-order valence-corrected chi connectivity index (χ3v) is 4.23. The van der Waals surface area contributed by atoms with Crippen LogP contribution in [0.2, 0.25) is 0 Å². The van der Waals surface area contributed by atoms with E-state index in [1.807, 2.05) is 24.3 Å². The van der Waals surface area contributed by atoms with Gasteiger partial charge in [0, 0.05) is 44.1 Å². The molecule has 2 rings (SSSR count). The SMILES string of the molecule is COc1cc(CNCCNCC(C)O)cc(Br)c1OCc1cccnc1. The molecule has 1 heterocycles. The van der Waals surface area contributed by atoms with Gasteiger partial charge in [-0.1, -0.05) is 6.07 Å². The molecule has 1 unspecified atom stereocenters. The highest BCUT2D eigenvalue weighted by molar-refractivity contribution is 9.10. The number of nitrogens with zero attached hydrogens (tertiary/aromatic N) is 1. The first-order valence-electron chi connectivity index (χ1n) is 8.57. The Morgan fingerprint density at radius 2 is 2.04 bits per heavy atom. The average molecular weight is 424 g/mol. The van der Waals surface area contributed by atoms with E-state index in [4.69, 9.17) is 9.47 Å². The molecule has 6 nitrogen and oxygen atoms in total. The Hall–Kier alpha value is -1.67. The number of rotatable bonds is 11. The van der Waals surface area contributed by atoms with E-state index in [0.717, 1.165) is 28.7 Å². The highest BCUT2D eigenvalue weighted by Crippen LogP contribution is 2.37. The lowest BCUT2D eigenvalue weighted by atomic mass is 10.2. The van der Waals surface area contributed by atoms with Crippen molar-refractivity contribution in [3.63, 3.8) is 0 Å². The van der Waals surface area contributed by atoms with Gasteiger partial charge in [-0.15, -0.1) is 0 Å². The third kappa shape index (κ3) is 6.92. The summed E-state index contributed by atoms with van der Waals surface area (Å²) in [6, 6.07) is 7.85. The molecule has 3 N–H and O–H groups in total. The molecule has 0 radical (unpaired) electrons. The van der Waals surface area contributed by atoms with E-state index in [-0.39, 0.29) is 6.10 Å². The molecule has 1 aromatic carbocycles. The van der Waals surface area contributed by atoms with Gasteiger partial charge in [-0.05, 0) is 46.6 Å². The Labute approximate surface area is 163 Å². The molecule has 0 aliphatic rings.